The van der Waals surface area contributed by atoms with Crippen LogP contribution in [-0.4, -0.2) is 28.1 Å². The zero-order valence-electron chi connectivity index (χ0n) is 14.1. The van der Waals surface area contributed by atoms with E-state index in [9.17, 15) is 0 Å². The largest absolute Gasteiger partial charge is 0.486 e. The van der Waals surface area contributed by atoms with Gasteiger partial charge in [-0.05, 0) is 45.1 Å². The predicted molar refractivity (Wildman–Crippen MR) is 97.8 cm³/mol. The van der Waals surface area contributed by atoms with Crippen molar-refractivity contribution in [1.29, 1.82) is 0 Å². The van der Waals surface area contributed by atoms with Gasteiger partial charge in [0.25, 0.3) is 0 Å². The molecule has 128 valence electrons. The molecule has 0 fully saturated rings. The van der Waals surface area contributed by atoms with Crippen molar-refractivity contribution in [1.82, 2.24) is 15.1 Å². The first-order valence-electron chi connectivity index (χ1n) is 8.08. The molecule has 0 saturated heterocycles. The smallest absolute Gasteiger partial charge is 0.171 e. The highest BCUT2D eigenvalue weighted by Crippen LogP contribution is 2.32. The summed E-state index contributed by atoms with van der Waals surface area (Å²) >= 11 is 5.42. The van der Waals surface area contributed by atoms with Crippen molar-refractivity contribution in [2.75, 3.05) is 18.5 Å². The molecular formula is C17H22N4O2S. The molecule has 2 heterocycles. The average Bonchev–Trinajstić information content (AvgIpc) is 2.95. The first-order valence-corrected chi connectivity index (χ1v) is 8.48. The van der Waals surface area contributed by atoms with Crippen LogP contribution in [-0.2, 0) is 6.54 Å². The summed E-state index contributed by atoms with van der Waals surface area (Å²) in [6.45, 7) is 8.16. The van der Waals surface area contributed by atoms with Gasteiger partial charge in [-0.2, -0.15) is 5.10 Å². The standard InChI is InChI=1S/C17H22N4O2S/c1-4-21-10-14(12(3)20-21)11(2)18-17(24)19-13-5-6-15-16(9-13)23-8-7-22-15/h5-6,9-11H,4,7-8H2,1-3H3,(H2,18,19,24). The average molecular weight is 346 g/mol. The van der Waals surface area contributed by atoms with Crippen molar-refractivity contribution in [2.45, 2.75) is 33.4 Å². The van der Waals surface area contributed by atoms with E-state index in [4.69, 9.17) is 21.7 Å². The number of nitrogens with zero attached hydrogens (tertiary/aromatic N) is 2. The molecule has 1 aliphatic heterocycles. The van der Waals surface area contributed by atoms with Gasteiger partial charge < -0.3 is 20.1 Å². The maximum Gasteiger partial charge on any atom is 0.171 e. The van der Waals surface area contributed by atoms with Crippen LogP contribution in [0.5, 0.6) is 11.5 Å². The minimum atomic E-state index is 0.0718. The Morgan fingerprint density at radius 3 is 2.79 bits per heavy atom. The van der Waals surface area contributed by atoms with Crippen LogP contribution in [0.2, 0.25) is 0 Å². The molecule has 1 aromatic carbocycles. The van der Waals surface area contributed by atoms with Crippen molar-refractivity contribution in [3.05, 3.63) is 35.7 Å². The molecule has 24 heavy (non-hydrogen) atoms. The van der Waals surface area contributed by atoms with Crippen molar-refractivity contribution in [2.24, 2.45) is 0 Å². The van der Waals surface area contributed by atoms with Gasteiger partial charge in [-0.1, -0.05) is 0 Å². The molecule has 6 nitrogen and oxygen atoms in total. The van der Waals surface area contributed by atoms with Crippen molar-refractivity contribution >= 4 is 23.0 Å². The summed E-state index contributed by atoms with van der Waals surface area (Å²) in [5.41, 5.74) is 3.02. The Balaban J connectivity index is 1.63. The molecule has 1 aliphatic rings. The van der Waals surface area contributed by atoms with Crippen LogP contribution in [0.4, 0.5) is 5.69 Å². The van der Waals surface area contributed by atoms with Crippen LogP contribution in [0.3, 0.4) is 0 Å². The van der Waals surface area contributed by atoms with Gasteiger partial charge in [0.05, 0.1) is 11.7 Å². The van der Waals surface area contributed by atoms with E-state index >= 15 is 0 Å². The first kappa shape index (κ1) is 16.6. The monoisotopic (exact) mass is 346 g/mol. The number of thiocarbonyl (C=S) groups is 1. The molecule has 0 aliphatic carbocycles. The maximum absolute atomic E-state index is 5.59. The van der Waals surface area contributed by atoms with Crippen molar-refractivity contribution in [3.8, 4) is 11.5 Å². The first-order chi connectivity index (χ1) is 11.6. The third-order valence-electron chi connectivity index (χ3n) is 3.92. The molecule has 0 saturated carbocycles. The van der Waals surface area contributed by atoms with E-state index in [1.807, 2.05) is 29.8 Å². The van der Waals surface area contributed by atoms with Crippen LogP contribution < -0.4 is 20.1 Å². The highest BCUT2D eigenvalue weighted by molar-refractivity contribution is 7.80. The summed E-state index contributed by atoms with van der Waals surface area (Å²) in [4.78, 5) is 0. The fraction of sp³-hybridized carbons (Fsp3) is 0.412. The topological polar surface area (TPSA) is 60.3 Å². The Morgan fingerprint density at radius 1 is 1.33 bits per heavy atom. The van der Waals surface area contributed by atoms with Gasteiger partial charge in [0, 0.05) is 30.1 Å². The lowest BCUT2D eigenvalue weighted by Crippen LogP contribution is -2.31. The molecule has 2 N–H and O–H groups in total. The molecule has 2 aromatic rings. The third kappa shape index (κ3) is 3.62. The summed E-state index contributed by atoms with van der Waals surface area (Å²) in [5, 5.41) is 11.5. The zero-order chi connectivity index (χ0) is 17.1. The minimum Gasteiger partial charge on any atom is -0.486 e. The number of aryl methyl sites for hydroxylation is 2. The molecule has 7 heteroatoms. The highest BCUT2D eigenvalue weighted by atomic mass is 32.1. The lowest BCUT2D eigenvalue weighted by Gasteiger charge is -2.20. The molecular weight excluding hydrogens is 324 g/mol. The van der Waals surface area contributed by atoms with Gasteiger partial charge >= 0.3 is 0 Å². The molecule has 1 aromatic heterocycles. The highest BCUT2D eigenvalue weighted by Gasteiger charge is 2.15. The lowest BCUT2D eigenvalue weighted by atomic mass is 10.1. The number of aromatic nitrogens is 2. The van der Waals surface area contributed by atoms with Gasteiger partial charge in [-0.3, -0.25) is 4.68 Å². The number of nitrogens with one attached hydrogen (secondary N) is 2. The summed E-state index contributed by atoms with van der Waals surface area (Å²) in [5.74, 6) is 1.50. The normalized spacial score (nSPS) is 14.1. The van der Waals surface area contributed by atoms with E-state index < -0.39 is 0 Å². The van der Waals surface area contributed by atoms with Gasteiger partial charge in [0.1, 0.15) is 13.2 Å². The second-order valence-corrected chi connectivity index (χ2v) is 6.11. The predicted octanol–water partition coefficient (Wildman–Crippen LogP) is 3.03. The molecule has 0 amide bonds. The SMILES string of the molecule is CCn1cc(C(C)NC(=S)Nc2ccc3c(c2)OCCO3)c(C)n1. The molecule has 0 spiro atoms. The Kier molecular flexibility index (Phi) is 4.89. The van der Waals surface area contributed by atoms with E-state index in [1.54, 1.807) is 0 Å². The van der Waals surface area contributed by atoms with Gasteiger partial charge in [0.15, 0.2) is 16.6 Å². The lowest BCUT2D eigenvalue weighted by molar-refractivity contribution is 0.171. The number of fused-ring (bicyclic) bond motifs is 1. The van der Waals surface area contributed by atoms with Gasteiger partial charge in [-0.15, -0.1) is 0 Å². The van der Waals surface area contributed by atoms with Crippen LogP contribution in [0.1, 0.15) is 31.1 Å². The second kappa shape index (κ2) is 7.09. The number of benzene rings is 1. The summed E-state index contributed by atoms with van der Waals surface area (Å²) < 4.78 is 13.0. The van der Waals surface area contributed by atoms with Crippen LogP contribution in [0.25, 0.3) is 0 Å². The minimum absolute atomic E-state index is 0.0718. The van der Waals surface area contributed by atoms with Gasteiger partial charge in [0.2, 0.25) is 0 Å². The number of anilines is 1. The zero-order valence-corrected chi connectivity index (χ0v) is 14.9. The Bertz CT molecular complexity index is 744. The van der Waals surface area contributed by atoms with Crippen LogP contribution in [0, 0.1) is 6.92 Å². The van der Waals surface area contributed by atoms with Crippen molar-refractivity contribution < 1.29 is 9.47 Å². The number of ether oxygens (including phenoxy) is 2. The summed E-state index contributed by atoms with van der Waals surface area (Å²) in [6, 6.07) is 5.78. The van der Waals surface area contributed by atoms with Crippen molar-refractivity contribution in [3.63, 3.8) is 0 Å². The number of hydrogen-bond acceptors (Lipinski definition) is 4. The van der Waals surface area contributed by atoms with Crippen LogP contribution in [0.15, 0.2) is 24.4 Å². The summed E-state index contributed by atoms with van der Waals surface area (Å²) in [6.07, 6.45) is 2.06. The van der Waals surface area contributed by atoms with E-state index in [1.165, 1.54) is 0 Å². The van der Waals surface area contributed by atoms with E-state index in [0.717, 1.165) is 35.0 Å². The Morgan fingerprint density at radius 2 is 2.08 bits per heavy atom. The number of rotatable bonds is 4. The molecule has 1 atom stereocenters. The fourth-order valence-corrected chi connectivity index (χ4v) is 2.98. The Hall–Kier alpha value is -2.28. The quantitative estimate of drug-likeness (QED) is 0.830. The maximum atomic E-state index is 5.59. The molecule has 1 unspecified atom stereocenters. The molecule has 0 radical (unpaired) electrons. The second-order valence-electron chi connectivity index (χ2n) is 5.70. The summed E-state index contributed by atoms with van der Waals surface area (Å²) in [7, 11) is 0. The fourth-order valence-electron chi connectivity index (χ4n) is 2.68. The molecule has 0 bridgehead atoms. The van der Waals surface area contributed by atoms with Gasteiger partial charge in [-0.25, -0.2) is 0 Å². The van der Waals surface area contributed by atoms with Crippen LogP contribution >= 0.6 is 12.2 Å². The number of hydrogen-bond donors (Lipinski definition) is 2. The Labute approximate surface area is 147 Å². The third-order valence-corrected chi connectivity index (χ3v) is 4.14. The molecule has 3 rings (SSSR count). The van der Waals surface area contributed by atoms with E-state index in [-0.39, 0.29) is 6.04 Å². The van der Waals surface area contributed by atoms with E-state index in [2.05, 4.69) is 35.8 Å². The van der Waals surface area contributed by atoms with E-state index in [0.29, 0.717) is 18.3 Å².